The molecule has 66 valence electrons. The summed E-state index contributed by atoms with van der Waals surface area (Å²) in [4.78, 5) is 10.3. The Kier molecular flexibility index (Phi) is 3.18. The van der Waals surface area contributed by atoms with E-state index in [1.165, 1.54) is 0 Å². The Labute approximate surface area is 85.6 Å². The first-order chi connectivity index (χ1) is 6.09. The Balaban J connectivity index is 3.00. The Bertz CT molecular complexity index is 404. The van der Waals surface area contributed by atoms with Crippen molar-refractivity contribution in [1.29, 1.82) is 0 Å². The van der Waals surface area contributed by atoms with Crippen molar-refractivity contribution in [2.24, 2.45) is 5.73 Å². The maximum absolute atomic E-state index is 10.3. The molecule has 0 radical (unpaired) electrons. The normalized spacial score (nSPS) is 8.77. The monoisotopic (exact) mass is 213 g/mol. The van der Waals surface area contributed by atoms with E-state index >= 15 is 0 Å². The van der Waals surface area contributed by atoms with Crippen LogP contribution in [0.1, 0.15) is 5.56 Å². The lowest BCUT2D eigenvalue weighted by Gasteiger charge is -1.94. The summed E-state index contributed by atoms with van der Waals surface area (Å²) in [6.07, 6.45) is 0. The topological polar surface area (TPSA) is 43.1 Å². The van der Waals surface area contributed by atoms with E-state index in [0.29, 0.717) is 15.6 Å². The Morgan fingerprint density at radius 1 is 1.31 bits per heavy atom. The van der Waals surface area contributed by atoms with Gasteiger partial charge in [0.1, 0.15) is 0 Å². The number of amides is 1. The van der Waals surface area contributed by atoms with Gasteiger partial charge in [0.05, 0.1) is 10.0 Å². The largest absolute Gasteiger partial charge is 0.359 e. The molecule has 0 unspecified atom stereocenters. The standard InChI is InChI=1S/C9H5Cl2NO/c10-7-3-1-6(5-8(7)11)2-4-9(12)13/h1,3,5H,(H2,12,13). The summed E-state index contributed by atoms with van der Waals surface area (Å²) in [5, 5.41) is 0.851. The van der Waals surface area contributed by atoms with Crippen molar-refractivity contribution < 1.29 is 4.79 Å². The second-order valence-corrected chi connectivity index (χ2v) is 3.06. The summed E-state index contributed by atoms with van der Waals surface area (Å²) in [6, 6.07) is 4.83. The van der Waals surface area contributed by atoms with E-state index in [1.54, 1.807) is 18.2 Å². The van der Waals surface area contributed by atoms with E-state index in [1.807, 2.05) is 0 Å². The second-order valence-electron chi connectivity index (χ2n) is 2.24. The van der Waals surface area contributed by atoms with Gasteiger partial charge in [0.25, 0.3) is 5.91 Å². The number of hydrogen-bond acceptors (Lipinski definition) is 1. The number of carbonyl (C=O) groups excluding carboxylic acids is 1. The van der Waals surface area contributed by atoms with Gasteiger partial charge in [0.15, 0.2) is 0 Å². The van der Waals surface area contributed by atoms with Crippen LogP contribution >= 0.6 is 23.2 Å². The van der Waals surface area contributed by atoms with Crippen molar-refractivity contribution in [3.05, 3.63) is 33.8 Å². The van der Waals surface area contributed by atoms with Crippen molar-refractivity contribution in [3.63, 3.8) is 0 Å². The Morgan fingerprint density at radius 3 is 2.54 bits per heavy atom. The molecule has 0 bridgehead atoms. The quantitative estimate of drug-likeness (QED) is 0.657. The second kappa shape index (κ2) is 4.18. The van der Waals surface area contributed by atoms with E-state index in [-0.39, 0.29) is 0 Å². The number of benzene rings is 1. The predicted molar refractivity (Wildman–Crippen MR) is 52.5 cm³/mol. The Morgan fingerprint density at radius 2 is 2.00 bits per heavy atom. The van der Waals surface area contributed by atoms with E-state index in [4.69, 9.17) is 28.9 Å². The molecule has 2 nitrogen and oxygen atoms in total. The predicted octanol–water partition coefficient (Wildman–Crippen LogP) is 1.83. The van der Waals surface area contributed by atoms with Gasteiger partial charge in [0.2, 0.25) is 0 Å². The molecule has 1 rings (SSSR count). The average molecular weight is 214 g/mol. The van der Waals surface area contributed by atoms with Crippen LogP contribution < -0.4 is 5.73 Å². The summed E-state index contributed by atoms with van der Waals surface area (Å²) >= 11 is 11.4. The smallest absolute Gasteiger partial charge is 0.293 e. The lowest BCUT2D eigenvalue weighted by Crippen LogP contribution is -2.06. The van der Waals surface area contributed by atoms with Gasteiger partial charge in [-0.15, -0.1) is 0 Å². The zero-order valence-corrected chi connectivity index (χ0v) is 7.99. The molecule has 1 aromatic carbocycles. The zero-order valence-electron chi connectivity index (χ0n) is 6.47. The highest BCUT2D eigenvalue weighted by atomic mass is 35.5. The lowest BCUT2D eigenvalue weighted by molar-refractivity contribution is -0.112. The minimum atomic E-state index is -0.675. The van der Waals surface area contributed by atoms with Gasteiger partial charge in [-0.05, 0) is 24.1 Å². The first-order valence-electron chi connectivity index (χ1n) is 3.36. The van der Waals surface area contributed by atoms with Crippen molar-refractivity contribution in [2.75, 3.05) is 0 Å². The van der Waals surface area contributed by atoms with Crippen LogP contribution in [0.5, 0.6) is 0 Å². The fourth-order valence-electron chi connectivity index (χ4n) is 0.708. The SMILES string of the molecule is NC(=O)C#Cc1ccc(Cl)c(Cl)c1. The molecule has 0 saturated carbocycles. The summed E-state index contributed by atoms with van der Waals surface area (Å²) in [6.45, 7) is 0. The molecule has 0 spiro atoms. The van der Waals surface area contributed by atoms with Crippen LogP contribution in [0.3, 0.4) is 0 Å². The van der Waals surface area contributed by atoms with E-state index < -0.39 is 5.91 Å². The molecule has 0 saturated heterocycles. The first-order valence-corrected chi connectivity index (χ1v) is 4.11. The van der Waals surface area contributed by atoms with Gasteiger partial charge in [-0.25, -0.2) is 0 Å². The molecule has 4 heteroatoms. The van der Waals surface area contributed by atoms with Crippen LogP contribution in [0.15, 0.2) is 18.2 Å². The summed E-state index contributed by atoms with van der Waals surface area (Å²) in [7, 11) is 0. The number of carbonyl (C=O) groups is 1. The molecule has 0 aromatic heterocycles. The summed E-state index contributed by atoms with van der Waals surface area (Å²) in [5.41, 5.74) is 5.44. The number of rotatable bonds is 0. The zero-order chi connectivity index (χ0) is 9.84. The first kappa shape index (κ1) is 9.91. The van der Waals surface area contributed by atoms with Crippen LogP contribution in [-0.4, -0.2) is 5.91 Å². The Hall–Kier alpha value is -1.17. The van der Waals surface area contributed by atoms with Gasteiger partial charge in [-0.1, -0.05) is 29.1 Å². The molecule has 1 amide bonds. The van der Waals surface area contributed by atoms with Crippen molar-refractivity contribution >= 4 is 29.1 Å². The molecule has 2 N–H and O–H groups in total. The highest BCUT2D eigenvalue weighted by Gasteiger charge is 1.96. The maximum atomic E-state index is 10.3. The molecule has 0 fully saturated rings. The third-order valence-electron chi connectivity index (χ3n) is 1.25. The molecule has 0 heterocycles. The molecule has 0 atom stereocenters. The molecule has 13 heavy (non-hydrogen) atoms. The summed E-state index contributed by atoms with van der Waals surface area (Å²) in [5.74, 6) is 4.07. The van der Waals surface area contributed by atoms with Gasteiger partial charge in [0, 0.05) is 5.56 Å². The van der Waals surface area contributed by atoms with Gasteiger partial charge in [-0.2, -0.15) is 0 Å². The molecular weight excluding hydrogens is 209 g/mol. The van der Waals surface area contributed by atoms with Crippen LogP contribution in [0.2, 0.25) is 10.0 Å². The van der Waals surface area contributed by atoms with Crippen LogP contribution in [0, 0.1) is 11.8 Å². The molecule has 0 aliphatic rings. The maximum Gasteiger partial charge on any atom is 0.293 e. The molecule has 0 aliphatic heterocycles. The highest BCUT2D eigenvalue weighted by Crippen LogP contribution is 2.21. The molecule has 0 aliphatic carbocycles. The summed E-state index contributed by atoms with van der Waals surface area (Å²) < 4.78 is 0. The number of halogens is 2. The van der Waals surface area contributed by atoms with Crippen LogP contribution in [0.25, 0.3) is 0 Å². The van der Waals surface area contributed by atoms with Crippen molar-refractivity contribution in [2.45, 2.75) is 0 Å². The number of nitrogens with two attached hydrogens (primary N) is 1. The third-order valence-corrected chi connectivity index (χ3v) is 1.99. The molecular formula is C9H5Cl2NO. The minimum Gasteiger partial charge on any atom is -0.359 e. The van der Waals surface area contributed by atoms with E-state index in [9.17, 15) is 4.79 Å². The van der Waals surface area contributed by atoms with Gasteiger partial charge in [-0.3, -0.25) is 4.79 Å². The van der Waals surface area contributed by atoms with Crippen molar-refractivity contribution in [3.8, 4) is 11.8 Å². The lowest BCUT2D eigenvalue weighted by atomic mass is 10.2. The van der Waals surface area contributed by atoms with Crippen molar-refractivity contribution in [1.82, 2.24) is 0 Å². The highest BCUT2D eigenvalue weighted by molar-refractivity contribution is 6.42. The van der Waals surface area contributed by atoms with Crippen LogP contribution in [-0.2, 0) is 4.79 Å². The van der Waals surface area contributed by atoms with Gasteiger partial charge >= 0.3 is 0 Å². The number of hydrogen-bond donors (Lipinski definition) is 1. The van der Waals surface area contributed by atoms with Gasteiger partial charge < -0.3 is 5.73 Å². The number of primary amides is 1. The van der Waals surface area contributed by atoms with Crippen LogP contribution in [0.4, 0.5) is 0 Å². The average Bonchev–Trinajstić information content (AvgIpc) is 2.07. The molecule has 1 aromatic rings. The van der Waals surface area contributed by atoms with E-state index in [0.717, 1.165) is 0 Å². The third kappa shape index (κ3) is 2.98. The fraction of sp³-hybridized carbons (Fsp3) is 0. The van der Waals surface area contributed by atoms with E-state index in [2.05, 4.69) is 11.8 Å². The fourth-order valence-corrected chi connectivity index (χ4v) is 1.01. The minimum absolute atomic E-state index is 0.401.